The number of hydrogen-bond acceptors (Lipinski definition) is 8. The first-order chi connectivity index (χ1) is 14.3. The van der Waals surface area contributed by atoms with Crippen molar-refractivity contribution in [2.24, 2.45) is 11.7 Å². The molecule has 0 radical (unpaired) electrons. The highest BCUT2D eigenvalue weighted by Crippen LogP contribution is 1.98. The van der Waals surface area contributed by atoms with Gasteiger partial charge in [-0.25, -0.2) is 11.7 Å². The molecule has 2 rings (SSSR count). The monoisotopic (exact) mass is 420 g/mol. The summed E-state index contributed by atoms with van der Waals surface area (Å²) >= 11 is 0. The van der Waals surface area contributed by atoms with Crippen molar-refractivity contribution >= 4 is 23.8 Å². The third kappa shape index (κ3) is 13.3. The first-order valence-corrected chi connectivity index (χ1v) is 8.57. The average Bonchev–Trinajstić information content (AvgIpc) is 2.77. The molecule has 0 atom stereocenters. The Morgan fingerprint density at radius 2 is 1.00 bits per heavy atom. The Balaban J connectivity index is 0.000000420. The van der Waals surface area contributed by atoms with Crippen molar-refractivity contribution < 1.29 is 29.4 Å². The van der Waals surface area contributed by atoms with Crippen molar-refractivity contribution in [3.05, 3.63) is 60.2 Å². The van der Waals surface area contributed by atoms with E-state index in [9.17, 15) is 19.2 Å². The van der Waals surface area contributed by atoms with Crippen molar-refractivity contribution in [1.82, 2.24) is 20.8 Å². The molecule has 0 fully saturated rings. The number of carbonyl (C=O) groups is 4. The molecule has 0 aromatic carbocycles. The first kappa shape index (κ1) is 26.1. The Kier molecular flexibility index (Phi) is 14.0. The Bertz CT molecular complexity index is 721. The van der Waals surface area contributed by atoms with Crippen LogP contribution in [0.25, 0.3) is 0 Å². The molecule has 0 saturated carbocycles. The molecule has 12 nitrogen and oxygen atoms in total. The van der Waals surface area contributed by atoms with E-state index in [1.807, 2.05) is 10.9 Å². The maximum Gasteiger partial charge on any atom is 0.303 e. The van der Waals surface area contributed by atoms with Crippen molar-refractivity contribution in [1.29, 1.82) is 0 Å². The zero-order valence-corrected chi connectivity index (χ0v) is 16.0. The Hall–Kier alpha value is -3.90. The zero-order valence-electron chi connectivity index (χ0n) is 16.0. The summed E-state index contributed by atoms with van der Waals surface area (Å²) in [5, 5.41) is 16.3. The predicted molar refractivity (Wildman–Crippen MR) is 106 cm³/mol. The van der Waals surface area contributed by atoms with Gasteiger partial charge < -0.3 is 10.2 Å². The van der Waals surface area contributed by atoms with Gasteiger partial charge in [0.05, 0.1) is 0 Å². The summed E-state index contributed by atoms with van der Waals surface area (Å²) in [6.07, 6.45) is 7.15. The van der Waals surface area contributed by atoms with Crippen LogP contribution < -0.4 is 22.5 Å². The summed E-state index contributed by atoms with van der Waals surface area (Å²) in [5.41, 5.74) is 5.05. The van der Waals surface area contributed by atoms with Gasteiger partial charge in [-0.05, 0) is 37.1 Å². The molecule has 0 aliphatic heterocycles. The van der Waals surface area contributed by atoms with E-state index in [0.717, 1.165) is 0 Å². The van der Waals surface area contributed by atoms with E-state index in [0.29, 0.717) is 24.0 Å². The van der Waals surface area contributed by atoms with E-state index in [1.165, 1.54) is 24.8 Å². The lowest BCUT2D eigenvalue weighted by atomic mass is 10.2. The average molecular weight is 420 g/mol. The molecule has 2 aromatic heterocycles. The first-order valence-electron chi connectivity index (χ1n) is 8.57. The van der Waals surface area contributed by atoms with Crippen LogP contribution in [0.2, 0.25) is 0 Å². The molecule has 2 aromatic rings. The number of amides is 2. The molecular weight excluding hydrogens is 396 g/mol. The number of carboxylic acids is 2. The van der Waals surface area contributed by atoms with Gasteiger partial charge in [0.1, 0.15) is 0 Å². The molecule has 0 bridgehead atoms. The summed E-state index contributed by atoms with van der Waals surface area (Å²) < 4.78 is 0. The molecule has 2 amide bonds. The molecule has 2 heterocycles. The molecule has 0 aliphatic carbocycles. The van der Waals surface area contributed by atoms with Gasteiger partial charge in [-0.15, -0.1) is 0 Å². The minimum atomic E-state index is -0.870. The van der Waals surface area contributed by atoms with Crippen molar-refractivity contribution in [3.63, 3.8) is 0 Å². The van der Waals surface area contributed by atoms with E-state index in [4.69, 9.17) is 21.9 Å². The third-order valence-corrected chi connectivity index (χ3v) is 3.18. The number of hydrazine groups is 2. The second-order valence-electron chi connectivity index (χ2n) is 5.41. The summed E-state index contributed by atoms with van der Waals surface area (Å²) in [6, 6.07) is 6.34. The van der Waals surface area contributed by atoms with Gasteiger partial charge >= 0.3 is 11.9 Å². The summed E-state index contributed by atoms with van der Waals surface area (Å²) in [7, 11) is 0. The molecular formula is C18H24N6O6. The van der Waals surface area contributed by atoms with Gasteiger partial charge in [-0.1, -0.05) is 0 Å². The number of aliphatic carboxylic acids is 2. The lowest BCUT2D eigenvalue weighted by Crippen LogP contribution is -2.29. The maximum absolute atomic E-state index is 10.7. The van der Waals surface area contributed by atoms with Gasteiger partial charge in [0, 0.05) is 48.8 Å². The SMILES string of the molecule is NNC(=O)c1ccncc1.NNC(=O)c1ccncc1.O=C(O)CCCCC(=O)O. The van der Waals surface area contributed by atoms with E-state index < -0.39 is 11.9 Å². The Morgan fingerprint density at radius 3 is 1.23 bits per heavy atom. The van der Waals surface area contributed by atoms with Crippen LogP contribution in [0.15, 0.2) is 49.1 Å². The van der Waals surface area contributed by atoms with Gasteiger partial charge in [-0.3, -0.25) is 40.0 Å². The largest absolute Gasteiger partial charge is 0.481 e. The van der Waals surface area contributed by atoms with Crippen LogP contribution in [0, 0.1) is 0 Å². The van der Waals surface area contributed by atoms with Gasteiger partial charge in [0.2, 0.25) is 0 Å². The fourth-order valence-electron chi connectivity index (χ4n) is 1.73. The fourth-order valence-corrected chi connectivity index (χ4v) is 1.73. The second kappa shape index (κ2) is 16.1. The predicted octanol–water partition coefficient (Wildman–Crippen LogP) is 0.0862. The summed E-state index contributed by atoms with van der Waals surface area (Å²) in [5.74, 6) is 7.42. The van der Waals surface area contributed by atoms with Crippen LogP contribution in [0.4, 0.5) is 0 Å². The quantitative estimate of drug-likeness (QED) is 0.154. The van der Waals surface area contributed by atoms with E-state index in [2.05, 4.69) is 9.97 Å². The van der Waals surface area contributed by atoms with Crippen LogP contribution in [0.3, 0.4) is 0 Å². The number of aromatic nitrogens is 2. The van der Waals surface area contributed by atoms with Gasteiger partial charge in [0.15, 0.2) is 0 Å². The Morgan fingerprint density at radius 1 is 0.700 bits per heavy atom. The number of rotatable bonds is 7. The summed E-state index contributed by atoms with van der Waals surface area (Å²) in [4.78, 5) is 48.8. The number of nitrogens with zero attached hydrogens (tertiary/aromatic N) is 2. The van der Waals surface area contributed by atoms with Crippen molar-refractivity contribution in [2.45, 2.75) is 25.7 Å². The Labute approximate surface area is 172 Å². The van der Waals surface area contributed by atoms with Gasteiger partial charge in [-0.2, -0.15) is 0 Å². The van der Waals surface area contributed by atoms with E-state index >= 15 is 0 Å². The van der Waals surface area contributed by atoms with Crippen LogP contribution >= 0.6 is 0 Å². The minimum Gasteiger partial charge on any atom is -0.481 e. The lowest BCUT2D eigenvalue weighted by molar-refractivity contribution is -0.139. The normalized spacial score (nSPS) is 9.00. The molecule has 30 heavy (non-hydrogen) atoms. The molecule has 0 unspecified atom stereocenters. The number of carbonyl (C=O) groups excluding carboxylic acids is 2. The van der Waals surface area contributed by atoms with E-state index in [1.54, 1.807) is 24.3 Å². The van der Waals surface area contributed by atoms with Crippen LogP contribution in [0.5, 0.6) is 0 Å². The van der Waals surface area contributed by atoms with Crippen LogP contribution in [0.1, 0.15) is 46.4 Å². The summed E-state index contributed by atoms with van der Waals surface area (Å²) in [6.45, 7) is 0. The highest BCUT2D eigenvalue weighted by Gasteiger charge is 2.00. The number of pyridine rings is 2. The number of nitrogen functional groups attached to an aromatic ring is 2. The third-order valence-electron chi connectivity index (χ3n) is 3.18. The van der Waals surface area contributed by atoms with Crippen molar-refractivity contribution in [2.75, 3.05) is 0 Å². The molecule has 12 heteroatoms. The number of nitrogens with two attached hydrogens (primary N) is 2. The number of nitrogens with one attached hydrogen (secondary N) is 2. The zero-order chi connectivity index (χ0) is 22.8. The highest BCUT2D eigenvalue weighted by molar-refractivity contribution is 5.93. The topological polar surface area (TPSA) is 211 Å². The highest BCUT2D eigenvalue weighted by atomic mass is 16.4. The second-order valence-corrected chi connectivity index (χ2v) is 5.41. The van der Waals surface area contributed by atoms with Crippen LogP contribution in [-0.2, 0) is 9.59 Å². The minimum absolute atomic E-state index is 0.0628. The number of hydrogen-bond donors (Lipinski definition) is 6. The smallest absolute Gasteiger partial charge is 0.303 e. The molecule has 0 aliphatic rings. The molecule has 0 saturated heterocycles. The van der Waals surface area contributed by atoms with E-state index in [-0.39, 0.29) is 24.7 Å². The maximum atomic E-state index is 10.7. The van der Waals surface area contributed by atoms with Crippen LogP contribution in [-0.4, -0.2) is 43.9 Å². The molecule has 162 valence electrons. The van der Waals surface area contributed by atoms with Gasteiger partial charge in [0.25, 0.3) is 11.8 Å². The number of unbranched alkanes of at least 4 members (excludes halogenated alkanes) is 1. The molecule has 8 N–H and O–H groups in total. The standard InChI is InChI=1S/2C6H7N3O.C6H10O4/c2*7-9-6(10)5-1-3-8-4-2-5;7-5(8)3-1-2-4-6(9)10/h2*1-4H,7H2,(H,9,10);1-4H2,(H,7,8)(H,9,10). The lowest BCUT2D eigenvalue weighted by Gasteiger charge is -1.95. The fraction of sp³-hybridized carbons (Fsp3) is 0.222. The number of carboxylic acid groups (broad SMARTS) is 2. The molecule has 0 spiro atoms. The van der Waals surface area contributed by atoms with Crippen molar-refractivity contribution in [3.8, 4) is 0 Å².